The fourth-order valence-electron chi connectivity index (χ4n) is 3.58. The van der Waals surface area contributed by atoms with E-state index in [1.807, 2.05) is 26.8 Å². The zero-order valence-electron chi connectivity index (χ0n) is 21.1. The quantitative estimate of drug-likeness (QED) is 0.348. The third-order valence-electron chi connectivity index (χ3n) is 5.33. The minimum absolute atomic E-state index is 0.0783. The number of ketones is 1. The summed E-state index contributed by atoms with van der Waals surface area (Å²) in [7, 11) is -3.78. The average Bonchev–Trinajstić information content (AvgIpc) is 3.32. The summed E-state index contributed by atoms with van der Waals surface area (Å²) in [5.41, 5.74) is 0. The van der Waals surface area contributed by atoms with Gasteiger partial charge in [0, 0.05) is 0 Å². The number of para-hydroxylation sites is 1. The van der Waals surface area contributed by atoms with Gasteiger partial charge in [0.25, 0.3) is 5.91 Å². The van der Waals surface area contributed by atoms with Gasteiger partial charge in [0.1, 0.15) is 29.1 Å². The fraction of sp³-hybridized carbons (Fsp3) is 0.500. The number of hydrogen-bond donors (Lipinski definition) is 2. The third-order valence-corrected chi connectivity index (χ3v) is 6.78. The second kappa shape index (κ2) is 14.4. The van der Waals surface area contributed by atoms with Crippen molar-refractivity contribution in [2.45, 2.75) is 64.3 Å². The highest BCUT2D eigenvalue weighted by Gasteiger charge is 2.30. The molecule has 1 heterocycles. The fourth-order valence-corrected chi connectivity index (χ4v) is 4.91. The third kappa shape index (κ3) is 10.6. The van der Waals surface area contributed by atoms with Crippen molar-refractivity contribution in [3.8, 4) is 5.75 Å². The van der Waals surface area contributed by atoms with E-state index in [-0.39, 0.29) is 18.3 Å². The molecule has 0 aliphatic rings. The molecule has 0 unspecified atom stereocenters. The summed E-state index contributed by atoms with van der Waals surface area (Å²) < 4.78 is 35.6. The van der Waals surface area contributed by atoms with Gasteiger partial charge >= 0.3 is 0 Å². The lowest BCUT2D eigenvalue weighted by Gasteiger charge is -2.24. The lowest BCUT2D eigenvalue weighted by Crippen LogP contribution is -2.53. The number of benzene rings is 1. The Balaban J connectivity index is 2.03. The number of unbranched alkanes of at least 4 members (excludes halogenated alkanes) is 1. The highest BCUT2D eigenvalue weighted by molar-refractivity contribution is 7.91. The second-order valence-electron chi connectivity index (χ2n) is 9.13. The van der Waals surface area contributed by atoms with Gasteiger partial charge in [-0.15, -0.1) is 0 Å². The van der Waals surface area contributed by atoms with Crippen LogP contribution < -0.4 is 15.4 Å². The summed E-state index contributed by atoms with van der Waals surface area (Å²) in [5, 5.41) is 5.36. The number of hydrogen-bond acceptors (Lipinski definition) is 7. The van der Waals surface area contributed by atoms with Gasteiger partial charge in [-0.1, -0.05) is 51.8 Å². The molecule has 2 amide bonds. The number of nitrogens with one attached hydrogen (secondary N) is 2. The van der Waals surface area contributed by atoms with Crippen molar-refractivity contribution in [1.29, 1.82) is 0 Å². The zero-order chi connectivity index (χ0) is 26.6. The molecule has 0 fully saturated rings. The Morgan fingerprint density at radius 1 is 1.00 bits per heavy atom. The number of sulfone groups is 1. The van der Waals surface area contributed by atoms with E-state index in [4.69, 9.17) is 9.15 Å². The summed E-state index contributed by atoms with van der Waals surface area (Å²) >= 11 is 0. The molecule has 0 spiro atoms. The predicted octanol–water partition coefficient (Wildman–Crippen LogP) is 3.05. The van der Waals surface area contributed by atoms with Gasteiger partial charge in [-0.05, 0) is 43.0 Å². The largest absolute Gasteiger partial charge is 0.484 e. The number of rotatable bonds is 16. The molecule has 0 radical (unpaired) electrons. The predicted molar refractivity (Wildman–Crippen MR) is 136 cm³/mol. The number of ether oxygens (including phenoxy) is 1. The standard InChI is InChI=1S/C26H36N2O7S/c1-4-5-13-22(24(29)18-36(32,33)17-21-12-9-14-34-21)28-26(31)23(15-19(2)3)27-25(30)16-35-20-10-7-6-8-11-20/h6-12,14,19,22-23H,4-5,13,15-18H2,1-3H3,(H,27,30)(H,28,31)/t22-,23-/m0/s1. The van der Waals surface area contributed by atoms with E-state index in [9.17, 15) is 22.8 Å². The monoisotopic (exact) mass is 520 g/mol. The molecule has 36 heavy (non-hydrogen) atoms. The van der Waals surface area contributed by atoms with Gasteiger partial charge < -0.3 is 19.8 Å². The topological polar surface area (TPSA) is 132 Å². The van der Waals surface area contributed by atoms with Crippen LogP contribution in [0.2, 0.25) is 0 Å². The SMILES string of the molecule is CCCC[C@H](NC(=O)[C@H](CC(C)C)NC(=O)COc1ccccc1)C(=O)CS(=O)(=O)Cc1ccco1. The van der Waals surface area contributed by atoms with Crippen molar-refractivity contribution in [3.05, 3.63) is 54.5 Å². The molecule has 2 rings (SSSR count). The smallest absolute Gasteiger partial charge is 0.258 e. The Hall–Kier alpha value is -3.14. The van der Waals surface area contributed by atoms with Gasteiger partial charge in [0.05, 0.1) is 12.3 Å². The van der Waals surface area contributed by atoms with Gasteiger partial charge in [-0.3, -0.25) is 14.4 Å². The molecule has 1 aromatic heterocycles. The van der Waals surface area contributed by atoms with Crippen molar-refractivity contribution in [2.75, 3.05) is 12.4 Å². The number of carbonyl (C=O) groups is 3. The van der Waals surface area contributed by atoms with Crippen molar-refractivity contribution in [3.63, 3.8) is 0 Å². The number of furan rings is 1. The Labute approximate surface area is 212 Å². The first-order chi connectivity index (χ1) is 17.1. The van der Waals surface area contributed by atoms with Crippen LogP contribution in [0.25, 0.3) is 0 Å². The molecule has 0 saturated carbocycles. The van der Waals surface area contributed by atoms with E-state index in [1.165, 1.54) is 12.3 Å². The van der Waals surface area contributed by atoms with Crippen LogP contribution in [0.1, 0.15) is 52.2 Å². The van der Waals surface area contributed by atoms with Crippen LogP contribution in [0, 0.1) is 5.92 Å². The molecule has 0 bridgehead atoms. The van der Waals surface area contributed by atoms with Gasteiger partial charge in [-0.2, -0.15) is 0 Å². The maximum absolute atomic E-state index is 13.1. The van der Waals surface area contributed by atoms with E-state index >= 15 is 0 Å². The minimum atomic E-state index is -3.78. The Bertz CT molecular complexity index is 1070. The van der Waals surface area contributed by atoms with E-state index < -0.39 is 51.0 Å². The molecule has 1 aromatic carbocycles. The molecule has 0 aliphatic heterocycles. The summed E-state index contributed by atoms with van der Waals surface area (Å²) in [6.07, 6.45) is 3.40. The van der Waals surface area contributed by atoms with Crippen LogP contribution in [0.5, 0.6) is 5.75 Å². The number of amides is 2. The van der Waals surface area contributed by atoms with Crippen molar-refractivity contribution >= 4 is 27.4 Å². The molecule has 198 valence electrons. The second-order valence-corrected chi connectivity index (χ2v) is 11.2. The number of Topliss-reactive ketones (excluding diaryl/α,β-unsaturated/α-hetero) is 1. The van der Waals surface area contributed by atoms with Crippen LogP contribution in [0.3, 0.4) is 0 Å². The Morgan fingerprint density at radius 2 is 1.72 bits per heavy atom. The van der Waals surface area contributed by atoms with Crippen LogP contribution in [-0.4, -0.2) is 50.5 Å². The maximum Gasteiger partial charge on any atom is 0.258 e. The molecule has 9 nitrogen and oxygen atoms in total. The highest BCUT2D eigenvalue weighted by Crippen LogP contribution is 2.12. The van der Waals surface area contributed by atoms with E-state index in [0.29, 0.717) is 25.0 Å². The molecular formula is C26H36N2O7S. The molecule has 2 aromatic rings. The number of carbonyl (C=O) groups excluding carboxylic acids is 3. The lowest BCUT2D eigenvalue weighted by atomic mass is 10.0. The molecular weight excluding hydrogens is 484 g/mol. The summed E-state index contributed by atoms with van der Waals surface area (Å²) in [6, 6.07) is 10.1. The van der Waals surface area contributed by atoms with E-state index in [0.717, 1.165) is 6.42 Å². The molecule has 10 heteroatoms. The van der Waals surface area contributed by atoms with Gasteiger partial charge in [0.15, 0.2) is 22.2 Å². The average molecular weight is 521 g/mol. The minimum Gasteiger partial charge on any atom is -0.484 e. The Morgan fingerprint density at radius 3 is 2.33 bits per heavy atom. The van der Waals surface area contributed by atoms with Crippen molar-refractivity contribution in [2.24, 2.45) is 5.92 Å². The summed E-state index contributed by atoms with van der Waals surface area (Å²) in [5.74, 6) is -1.86. The van der Waals surface area contributed by atoms with Gasteiger partial charge in [-0.25, -0.2) is 8.42 Å². The van der Waals surface area contributed by atoms with E-state index in [2.05, 4.69) is 10.6 Å². The van der Waals surface area contributed by atoms with Crippen LogP contribution >= 0.6 is 0 Å². The first-order valence-electron chi connectivity index (χ1n) is 12.1. The first-order valence-corrected chi connectivity index (χ1v) is 13.9. The van der Waals surface area contributed by atoms with Crippen molar-refractivity contribution in [1.82, 2.24) is 10.6 Å². The van der Waals surface area contributed by atoms with E-state index in [1.54, 1.807) is 30.3 Å². The molecule has 2 atom stereocenters. The van der Waals surface area contributed by atoms with Crippen LogP contribution in [0.4, 0.5) is 0 Å². The summed E-state index contributed by atoms with van der Waals surface area (Å²) in [4.78, 5) is 38.5. The zero-order valence-corrected chi connectivity index (χ0v) is 21.9. The highest BCUT2D eigenvalue weighted by atomic mass is 32.2. The molecule has 2 N–H and O–H groups in total. The van der Waals surface area contributed by atoms with Crippen LogP contribution in [0.15, 0.2) is 53.1 Å². The lowest BCUT2D eigenvalue weighted by molar-refractivity contribution is -0.132. The maximum atomic E-state index is 13.1. The first kappa shape index (κ1) is 29.1. The van der Waals surface area contributed by atoms with Gasteiger partial charge in [0.2, 0.25) is 5.91 Å². The molecule has 0 aliphatic carbocycles. The Kier molecular flexibility index (Phi) is 11.7. The van der Waals surface area contributed by atoms with Crippen molar-refractivity contribution < 1.29 is 32.0 Å². The molecule has 0 saturated heterocycles. The summed E-state index contributed by atoms with van der Waals surface area (Å²) in [6.45, 7) is 5.49. The van der Waals surface area contributed by atoms with Crippen LogP contribution in [-0.2, 0) is 30.0 Å². The normalized spacial score (nSPS) is 13.1.